The van der Waals surface area contributed by atoms with E-state index in [1.54, 1.807) is 0 Å². The molecule has 0 heterocycles. The molecule has 0 aromatic heterocycles. The van der Waals surface area contributed by atoms with Crippen molar-refractivity contribution >= 4 is 5.97 Å². The molecule has 0 N–H and O–H groups in total. The SMILES string of the molecule is CCC=C=CC(=O)OC12CC3CC(CC(C3)C1)C2. The first-order chi connectivity index (χ1) is 8.69. The second-order valence-electron chi connectivity index (χ2n) is 6.45. The van der Waals surface area contributed by atoms with Crippen LogP contribution in [0.25, 0.3) is 0 Å². The van der Waals surface area contributed by atoms with E-state index in [-0.39, 0.29) is 11.6 Å². The predicted molar refractivity (Wildman–Crippen MR) is 69.9 cm³/mol. The van der Waals surface area contributed by atoms with Crippen molar-refractivity contribution in [2.75, 3.05) is 0 Å². The van der Waals surface area contributed by atoms with Gasteiger partial charge in [0.25, 0.3) is 0 Å². The first-order valence-corrected chi connectivity index (χ1v) is 7.33. The topological polar surface area (TPSA) is 26.3 Å². The molecule has 0 amide bonds. The minimum atomic E-state index is -0.193. The molecule has 0 spiro atoms. The lowest BCUT2D eigenvalue weighted by Crippen LogP contribution is -2.52. The number of hydrogen-bond acceptors (Lipinski definition) is 2. The van der Waals surface area contributed by atoms with Gasteiger partial charge in [-0.05, 0) is 68.8 Å². The Bertz CT molecular complexity index is 366. The molecular formula is C16H22O2. The van der Waals surface area contributed by atoms with Crippen LogP contribution < -0.4 is 0 Å². The first kappa shape index (κ1) is 12.0. The van der Waals surface area contributed by atoms with Gasteiger partial charge in [0.1, 0.15) is 5.60 Å². The Morgan fingerprint density at radius 3 is 2.28 bits per heavy atom. The summed E-state index contributed by atoms with van der Waals surface area (Å²) in [6.45, 7) is 2.03. The molecule has 2 heteroatoms. The van der Waals surface area contributed by atoms with E-state index in [0.717, 1.165) is 43.4 Å². The van der Waals surface area contributed by atoms with E-state index >= 15 is 0 Å². The van der Waals surface area contributed by atoms with Gasteiger partial charge >= 0.3 is 5.97 Å². The van der Waals surface area contributed by atoms with Crippen LogP contribution >= 0.6 is 0 Å². The van der Waals surface area contributed by atoms with Crippen LogP contribution in [0.2, 0.25) is 0 Å². The zero-order chi connectivity index (χ0) is 12.6. The Hall–Kier alpha value is -1.01. The molecule has 4 saturated carbocycles. The fourth-order valence-electron chi connectivity index (χ4n) is 4.64. The summed E-state index contributed by atoms with van der Waals surface area (Å²) in [6.07, 6.45) is 11.7. The Balaban J connectivity index is 1.69. The minimum absolute atomic E-state index is 0.115. The Morgan fingerprint density at radius 2 is 1.78 bits per heavy atom. The highest BCUT2D eigenvalue weighted by atomic mass is 16.6. The lowest BCUT2D eigenvalue weighted by Gasteiger charge is -2.55. The van der Waals surface area contributed by atoms with Crippen molar-refractivity contribution < 1.29 is 9.53 Å². The molecule has 0 unspecified atom stereocenters. The lowest BCUT2D eigenvalue weighted by atomic mass is 9.54. The molecule has 0 radical (unpaired) electrons. The van der Waals surface area contributed by atoms with Crippen molar-refractivity contribution in [1.82, 2.24) is 0 Å². The largest absolute Gasteiger partial charge is 0.455 e. The molecule has 4 rings (SSSR count). The number of esters is 1. The van der Waals surface area contributed by atoms with Gasteiger partial charge in [0.15, 0.2) is 0 Å². The molecule has 0 aliphatic heterocycles. The molecule has 0 aromatic rings. The monoisotopic (exact) mass is 246 g/mol. The van der Waals surface area contributed by atoms with Gasteiger partial charge in [-0.1, -0.05) is 6.92 Å². The Kier molecular flexibility index (Phi) is 3.07. The summed E-state index contributed by atoms with van der Waals surface area (Å²) in [5.41, 5.74) is 2.78. The quantitative estimate of drug-likeness (QED) is 0.432. The average Bonchev–Trinajstić information content (AvgIpc) is 2.26. The Morgan fingerprint density at radius 1 is 1.22 bits per heavy atom. The van der Waals surface area contributed by atoms with E-state index in [2.05, 4.69) is 5.73 Å². The third-order valence-electron chi connectivity index (χ3n) is 4.82. The number of carbonyl (C=O) groups is 1. The van der Waals surface area contributed by atoms with E-state index in [9.17, 15) is 4.79 Å². The smallest absolute Gasteiger partial charge is 0.339 e. The van der Waals surface area contributed by atoms with Gasteiger partial charge in [-0.25, -0.2) is 4.79 Å². The lowest BCUT2D eigenvalue weighted by molar-refractivity contribution is -0.181. The molecule has 2 nitrogen and oxygen atoms in total. The van der Waals surface area contributed by atoms with Crippen LogP contribution in [0.4, 0.5) is 0 Å². The summed E-state index contributed by atoms with van der Waals surface area (Å²) in [6, 6.07) is 0. The average molecular weight is 246 g/mol. The zero-order valence-electron chi connectivity index (χ0n) is 11.2. The van der Waals surface area contributed by atoms with Crippen LogP contribution in [-0.4, -0.2) is 11.6 Å². The minimum Gasteiger partial charge on any atom is -0.455 e. The van der Waals surface area contributed by atoms with Crippen LogP contribution in [-0.2, 0) is 9.53 Å². The second-order valence-corrected chi connectivity index (χ2v) is 6.45. The van der Waals surface area contributed by atoms with E-state index in [4.69, 9.17) is 4.74 Å². The van der Waals surface area contributed by atoms with Crippen LogP contribution in [0, 0.1) is 17.8 Å². The molecule has 4 fully saturated rings. The predicted octanol–water partition coefficient (Wildman–Crippen LogP) is 3.62. The molecule has 0 saturated heterocycles. The zero-order valence-corrected chi connectivity index (χ0v) is 11.2. The molecule has 4 bridgehead atoms. The summed E-state index contributed by atoms with van der Waals surface area (Å²) in [5, 5.41) is 0. The van der Waals surface area contributed by atoms with Gasteiger partial charge in [0, 0.05) is 0 Å². The molecule has 98 valence electrons. The van der Waals surface area contributed by atoms with Crippen LogP contribution in [0.1, 0.15) is 51.9 Å². The van der Waals surface area contributed by atoms with E-state index in [1.165, 1.54) is 25.3 Å². The van der Waals surface area contributed by atoms with Crippen LogP contribution in [0.5, 0.6) is 0 Å². The normalized spacial score (nSPS) is 40.2. The number of hydrogen-bond donors (Lipinski definition) is 0. The van der Waals surface area contributed by atoms with Crippen molar-refractivity contribution in [3.63, 3.8) is 0 Å². The third kappa shape index (κ3) is 2.27. The van der Waals surface area contributed by atoms with Crippen molar-refractivity contribution in [1.29, 1.82) is 0 Å². The summed E-state index contributed by atoms with van der Waals surface area (Å²) in [4.78, 5) is 11.8. The first-order valence-electron chi connectivity index (χ1n) is 7.33. The summed E-state index contributed by atoms with van der Waals surface area (Å²) >= 11 is 0. The number of carbonyl (C=O) groups excluding carboxylic acids is 1. The van der Waals surface area contributed by atoms with Gasteiger partial charge in [0.2, 0.25) is 0 Å². The summed E-state index contributed by atoms with van der Waals surface area (Å²) in [5.74, 6) is 2.26. The fraction of sp³-hybridized carbons (Fsp3) is 0.750. The van der Waals surface area contributed by atoms with Gasteiger partial charge < -0.3 is 4.74 Å². The molecule has 18 heavy (non-hydrogen) atoms. The van der Waals surface area contributed by atoms with Gasteiger partial charge in [-0.2, -0.15) is 0 Å². The maximum absolute atomic E-state index is 11.8. The van der Waals surface area contributed by atoms with Gasteiger partial charge in [-0.15, -0.1) is 5.73 Å². The molecular weight excluding hydrogens is 224 g/mol. The van der Waals surface area contributed by atoms with Gasteiger partial charge in [-0.3, -0.25) is 0 Å². The third-order valence-corrected chi connectivity index (χ3v) is 4.82. The molecule has 4 aliphatic rings. The van der Waals surface area contributed by atoms with E-state index in [0.29, 0.717) is 0 Å². The van der Waals surface area contributed by atoms with Crippen molar-refractivity contribution in [2.24, 2.45) is 17.8 Å². The fourth-order valence-corrected chi connectivity index (χ4v) is 4.64. The summed E-state index contributed by atoms with van der Waals surface area (Å²) in [7, 11) is 0. The van der Waals surface area contributed by atoms with Crippen molar-refractivity contribution in [3.05, 3.63) is 17.9 Å². The maximum atomic E-state index is 11.8. The molecule has 0 aromatic carbocycles. The standard InChI is InChI=1S/C16H22O2/c1-2-3-4-5-15(17)18-16-9-12-6-13(10-16)8-14(7-12)11-16/h3,5,12-14H,2,6-11H2,1H3. The van der Waals surface area contributed by atoms with Crippen LogP contribution in [0.15, 0.2) is 17.9 Å². The number of rotatable bonds is 3. The Labute approximate surface area is 109 Å². The molecule has 4 aliphatic carbocycles. The highest BCUT2D eigenvalue weighted by Gasteiger charge is 2.52. The van der Waals surface area contributed by atoms with Crippen molar-refractivity contribution in [2.45, 2.75) is 57.5 Å². The maximum Gasteiger partial charge on any atom is 0.339 e. The van der Waals surface area contributed by atoms with E-state index < -0.39 is 0 Å². The highest BCUT2D eigenvalue weighted by Crippen LogP contribution is 2.57. The van der Waals surface area contributed by atoms with Gasteiger partial charge in [0.05, 0.1) is 6.08 Å². The second kappa shape index (κ2) is 4.59. The van der Waals surface area contributed by atoms with Crippen molar-refractivity contribution in [3.8, 4) is 0 Å². The summed E-state index contributed by atoms with van der Waals surface area (Å²) < 4.78 is 5.82. The highest BCUT2D eigenvalue weighted by molar-refractivity contribution is 5.82. The van der Waals surface area contributed by atoms with Crippen LogP contribution in [0.3, 0.4) is 0 Å². The molecule has 0 atom stereocenters. The number of ether oxygens (including phenoxy) is 1. The van der Waals surface area contributed by atoms with E-state index in [1.807, 2.05) is 13.0 Å².